The van der Waals surface area contributed by atoms with E-state index in [0.717, 1.165) is 11.1 Å². The smallest absolute Gasteiger partial charge is 0.263 e. The van der Waals surface area contributed by atoms with Crippen molar-refractivity contribution in [2.75, 3.05) is 5.32 Å². The molecule has 0 spiro atoms. The molecule has 5 nitrogen and oxygen atoms in total. The van der Waals surface area contributed by atoms with Crippen LogP contribution >= 0.6 is 0 Å². The Labute approximate surface area is 108 Å². The summed E-state index contributed by atoms with van der Waals surface area (Å²) in [6.07, 6.45) is 2.09. The number of halogens is 1. The van der Waals surface area contributed by atoms with Gasteiger partial charge in [0.1, 0.15) is 23.3 Å². The molecule has 0 radical (unpaired) electrons. The van der Waals surface area contributed by atoms with Crippen molar-refractivity contribution >= 4 is 22.6 Å². The minimum atomic E-state index is -0.309. The zero-order valence-corrected chi connectivity index (χ0v) is 10.2. The SMILES string of the molecule is CCc1noc2ncnc(Nc3cccc(F)c3)c12. The van der Waals surface area contributed by atoms with E-state index in [0.29, 0.717) is 23.6 Å². The Bertz CT molecular complexity index is 725. The van der Waals surface area contributed by atoms with E-state index in [1.165, 1.54) is 18.5 Å². The van der Waals surface area contributed by atoms with Crippen LogP contribution in [-0.2, 0) is 6.42 Å². The fraction of sp³-hybridized carbons (Fsp3) is 0.154. The molecule has 3 rings (SSSR count). The Hall–Kier alpha value is -2.50. The minimum Gasteiger partial charge on any atom is -0.339 e. The predicted molar refractivity (Wildman–Crippen MR) is 68.7 cm³/mol. The average molecular weight is 258 g/mol. The Kier molecular flexibility index (Phi) is 2.83. The zero-order chi connectivity index (χ0) is 13.2. The average Bonchev–Trinajstić information content (AvgIpc) is 2.83. The third-order valence-corrected chi connectivity index (χ3v) is 2.77. The maximum atomic E-state index is 13.2. The number of rotatable bonds is 3. The van der Waals surface area contributed by atoms with Gasteiger partial charge >= 0.3 is 0 Å². The number of aromatic nitrogens is 3. The summed E-state index contributed by atoms with van der Waals surface area (Å²) in [7, 11) is 0. The van der Waals surface area contributed by atoms with E-state index < -0.39 is 0 Å². The van der Waals surface area contributed by atoms with Gasteiger partial charge in [0.05, 0.1) is 5.69 Å². The molecule has 6 heteroatoms. The molecular formula is C13H11FN4O. The molecule has 0 unspecified atom stereocenters. The van der Waals surface area contributed by atoms with Gasteiger partial charge in [-0.25, -0.2) is 9.37 Å². The van der Waals surface area contributed by atoms with Crippen molar-refractivity contribution in [3.8, 4) is 0 Å². The molecule has 1 aromatic carbocycles. The lowest BCUT2D eigenvalue weighted by molar-refractivity contribution is 0.439. The van der Waals surface area contributed by atoms with Crippen LogP contribution in [0.2, 0.25) is 0 Å². The highest BCUT2D eigenvalue weighted by Gasteiger charge is 2.13. The summed E-state index contributed by atoms with van der Waals surface area (Å²) in [6, 6.07) is 6.17. The highest BCUT2D eigenvalue weighted by Crippen LogP contribution is 2.26. The second-order valence-electron chi connectivity index (χ2n) is 4.02. The molecule has 2 aromatic heterocycles. The summed E-state index contributed by atoms with van der Waals surface area (Å²) in [5, 5.41) is 7.73. The van der Waals surface area contributed by atoms with Gasteiger partial charge in [0.15, 0.2) is 0 Å². The molecule has 0 amide bonds. The Morgan fingerprint density at radius 3 is 3.00 bits per heavy atom. The van der Waals surface area contributed by atoms with Gasteiger partial charge < -0.3 is 9.84 Å². The summed E-state index contributed by atoms with van der Waals surface area (Å²) in [5.74, 6) is 0.255. The molecule has 96 valence electrons. The first-order chi connectivity index (χ1) is 9.28. The van der Waals surface area contributed by atoms with Crippen LogP contribution in [0.25, 0.3) is 11.1 Å². The first-order valence-electron chi connectivity index (χ1n) is 5.89. The standard InChI is InChI=1S/C13H11FN4O/c1-2-10-11-12(15-7-16-13(11)19-18-10)17-9-5-3-4-8(14)6-9/h3-7H,2H2,1H3,(H,15,16,17). The van der Waals surface area contributed by atoms with Crippen LogP contribution in [-0.4, -0.2) is 15.1 Å². The molecule has 0 fully saturated rings. The summed E-state index contributed by atoms with van der Waals surface area (Å²) < 4.78 is 18.3. The van der Waals surface area contributed by atoms with Crippen molar-refractivity contribution in [3.63, 3.8) is 0 Å². The van der Waals surface area contributed by atoms with Gasteiger partial charge in [-0.15, -0.1) is 0 Å². The van der Waals surface area contributed by atoms with Crippen LogP contribution in [0.5, 0.6) is 0 Å². The van der Waals surface area contributed by atoms with Gasteiger partial charge in [-0.05, 0) is 24.6 Å². The van der Waals surface area contributed by atoms with Gasteiger partial charge in [0.25, 0.3) is 5.71 Å². The van der Waals surface area contributed by atoms with Crippen molar-refractivity contribution in [1.82, 2.24) is 15.1 Å². The monoisotopic (exact) mass is 258 g/mol. The number of hydrogen-bond acceptors (Lipinski definition) is 5. The molecular weight excluding hydrogens is 247 g/mol. The molecule has 0 bridgehead atoms. The number of anilines is 2. The Balaban J connectivity index is 2.07. The first-order valence-corrected chi connectivity index (χ1v) is 5.89. The molecule has 0 saturated heterocycles. The van der Waals surface area contributed by atoms with Gasteiger partial charge in [-0.1, -0.05) is 18.1 Å². The minimum absolute atomic E-state index is 0.309. The van der Waals surface area contributed by atoms with Crippen LogP contribution in [0.4, 0.5) is 15.9 Å². The van der Waals surface area contributed by atoms with E-state index in [9.17, 15) is 4.39 Å². The predicted octanol–water partition coefficient (Wildman–Crippen LogP) is 3.06. The summed E-state index contributed by atoms with van der Waals surface area (Å²) in [6.45, 7) is 1.97. The lowest BCUT2D eigenvalue weighted by Gasteiger charge is -2.06. The molecule has 2 heterocycles. The van der Waals surface area contributed by atoms with Crippen LogP contribution in [0, 0.1) is 5.82 Å². The summed E-state index contributed by atoms with van der Waals surface area (Å²) >= 11 is 0. The van der Waals surface area contributed by atoms with E-state index in [2.05, 4.69) is 20.4 Å². The number of nitrogens with one attached hydrogen (secondary N) is 1. The molecule has 0 saturated carbocycles. The van der Waals surface area contributed by atoms with Crippen LogP contribution in [0.3, 0.4) is 0 Å². The molecule has 0 aliphatic heterocycles. The number of aryl methyl sites for hydroxylation is 1. The normalized spacial score (nSPS) is 10.8. The van der Waals surface area contributed by atoms with Crippen molar-refractivity contribution in [1.29, 1.82) is 0 Å². The zero-order valence-electron chi connectivity index (χ0n) is 10.2. The van der Waals surface area contributed by atoms with Crippen molar-refractivity contribution < 1.29 is 8.91 Å². The maximum absolute atomic E-state index is 13.2. The van der Waals surface area contributed by atoms with E-state index in [-0.39, 0.29) is 5.82 Å². The number of fused-ring (bicyclic) bond motifs is 1. The summed E-state index contributed by atoms with van der Waals surface area (Å²) in [5.41, 5.74) is 1.81. The highest BCUT2D eigenvalue weighted by molar-refractivity contribution is 5.89. The number of nitrogens with zero attached hydrogens (tertiary/aromatic N) is 3. The van der Waals surface area contributed by atoms with Gasteiger partial charge in [0.2, 0.25) is 0 Å². The fourth-order valence-corrected chi connectivity index (χ4v) is 1.88. The van der Waals surface area contributed by atoms with E-state index >= 15 is 0 Å². The van der Waals surface area contributed by atoms with E-state index in [1.54, 1.807) is 12.1 Å². The van der Waals surface area contributed by atoms with Gasteiger partial charge in [-0.2, -0.15) is 4.98 Å². The maximum Gasteiger partial charge on any atom is 0.263 e. The summed E-state index contributed by atoms with van der Waals surface area (Å²) in [4.78, 5) is 8.18. The third-order valence-electron chi connectivity index (χ3n) is 2.77. The second-order valence-corrected chi connectivity index (χ2v) is 4.02. The molecule has 19 heavy (non-hydrogen) atoms. The first kappa shape index (κ1) is 11.6. The lowest BCUT2D eigenvalue weighted by Crippen LogP contribution is -1.96. The molecule has 0 aliphatic carbocycles. The molecule has 3 aromatic rings. The van der Waals surface area contributed by atoms with Gasteiger partial charge in [-0.3, -0.25) is 0 Å². The quantitative estimate of drug-likeness (QED) is 0.782. The van der Waals surface area contributed by atoms with Crippen LogP contribution in [0.15, 0.2) is 35.1 Å². The van der Waals surface area contributed by atoms with Crippen LogP contribution in [0.1, 0.15) is 12.6 Å². The molecule has 0 aliphatic rings. The second kappa shape index (κ2) is 4.64. The van der Waals surface area contributed by atoms with Crippen molar-refractivity contribution in [2.24, 2.45) is 0 Å². The van der Waals surface area contributed by atoms with Crippen molar-refractivity contribution in [3.05, 3.63) is 42.1 Å². The fourth-order valence-electron chi connectivity index (χ4n) is 1.88. The molecule has 0 atom stereocenters. The third kappa shape index (κ3) is 2.12. The highest BCUT2D eigenvalue weighted by atomic mass is 19.1. The van der Waals surface area contributed by atoms with Crippen LogP contribution < -0.4 is 5.32 Å². The number of benzene rings is 1. The lowest BCUT2D eigenvalue weighted by atomic mass is 10.2. The number of hydrogen-bond donors (Lipinski definition) is 1. The van der Waals surface area contributed by atoms with Gasteiger partial charge in [0, 0.05) is 5.69 Å². The topological polar surface area (TPSA) is 63.8 Å². The largest absolute Gasteiger partial charge is 0.339 e. The van der Waals surface area contributed by atoms with E-state index in [1.807, 2.05) is 6.92 Å². The van der Waals surface area contributed by atoms with E-state index in [4.69, 9.17) is 4.52 Å². The molecule has 1 N–H and O–H groups in total. The Morgan fingerprint density at radius 2 is 2.21 bits per heavy atom. The Morgan fingerprint density at radius 1 is 1.32 bits per heavy atom. The van der Waals surface area contributed by atoms with Crippen molar-refractivity contribution in [2.45, 2.75) is 13.3 Å².